The minimum Gasteiger partial charge on any atom is -0.462 e. The van der Waals surface area contributed by atoms with E-state index in [1.54, 1.807) is 0 Å². The summed E-state index contributed by atoms with van der Waals surface area (Å²) in [5, 5.41) is 0. The first-order chi connectivity index (χ1) is 38.0. The first-order valence-electron chi connectivity index (χ1n) is 32.4. The van der Waals surface area contributed by atoms with Crippen LogP contribution in [0.2, 0.25) is 0 Å². The summed E-state index contributed by atoms with van der Waals surface area (Å²) in [6.07, 6.45) is 88.1. The van der Waals surface area contributed by atoms with E-state index in [1.807, 2.05) is 0 Å². The molecule has 0 N–H and O–H groups in total. The average Bonchev–Trinajstić information content (AvgIpc) is 3.43. The molecule has 6 nitrogen and oxygen atoms in total. The predicted octanol–water partition coefficient (Wildman–Crippen LogP) is 22.2. The molecule has 6 heteroatoms. The maximum absolute atomic E-state index is 12.9. The minimum absolute atomic E-state index is 0.0963. The smallest absolute Gasteiger partial charge is 0.306 e. The second kappa shape index (κ2) is 64.6. The Bertz CT molecular complexity index is 1560. The Morgan fingerprint density at radius 1 is 0.273 bits per heavy atom. The summed E-state index contributed by atoms with van der Waals surface area (Å²) >= 11 is 0. The summed E-state index contributed by atoms with van der Waals surface area (Å²) < 4.78 is 16.9. The van der Waals surface area contributed by atoms with E-state index >= 15 is 0 Å². The van der Waals surface area contributed by atoms with Gasteiger partial charge in [0, 0.05) is 19.3 Å². The van der Waals surface area contributed by atoms with Gasteiger partial charge >= 0.3 is 17.9 Å². The number of allylic oxidation sites excluding steroid dienone is 18. The van der Waals surface area contributed by atoms with Gasteiger partial charge in [-0.1, -0.05) is 291 Å². The standard InChI is InChI=1S/C71H120O6/c1-4-7-10-13-16-19-22-25-28-30-32-34-35-37-38-40-43-46-49-52-55-58-61-64-70(73)76-67-68(66-75-69(72)63-60-57-54-51-48-45-42-27-24-21-18-15-12-9-6-3)77-71(74)65-62-59-56-53-50-47-44-41-39-36-33-31-29-26-23-20-17-14-11-8-5-2/h7,9-10,12,16,18-19,21,25,27-28,32,34,37-38,42,48,51,68H,4-6,8,11,13-15,17,20,22-24,26,29-31,33,35-36,39-41,43-47,49-50,52-67H2,1-3H3/b10-7-,12-9-,19-16-,21-18-,28-25-,34-32-,38-37-,42-27-,51-48-. The molecule has 0 saturated heterocycles. The molecule has 1 atom stereocenters. The largest absolute Gasteiger partial charge is 0.462 e. The zero-order valence-corrected chi connectivity index (χ0v) is 50.4. The zero-order chi connectivity index (χ0) is 55.7. The highest BCUT2D eigenvalue weighted by atomic mass is 16.6. The summed E-state index contributed by atoms with van der Waals surface area (Å²) in [4.78, 5) is 38.3. The molecule has 0 aliphatic carbocycles. The van der Waals surface area contributed by atoms with Crippen molar-refractivity contribution in [2.45, 2.75) is 309 Å². The van der Waals surface area contributed by atoms with Crippen LogP contribution in [-0.2, 0) is 28.6 Å². The van der Waals surface area contributed by atoms with Gasteiger partial charge in [-0.05, 0) is 103 Å². The highest BCUT2D eigenvalue weighted by molar-refractivity contribution is 5.71. The number of carbonyl (C=O) groups excluding carboxylic acids is 3. The van der Waals surface area contributed by atoms with Gasteiger partial charge in [0.05, 0.1) is 0 Å². The number of ether oxygens (including phenoxy) is 3. The molecule has 0 amide bonds. The average molecular weight is 1070 g/mol. The van der Waals surface area contributed by atoms with E-state index in [0.717, 1.165) is 122 Å². The fourth-order valence-corrected chi connectivity index (χ4v) is 8.99. The maximum Gasteiger partial charge on any atom is 0.306 e. The molecule has 0 radical (unpaired) electrons. The van der Waals surface area contributed by atoms with Crippen LogP contribution in [0.15, 0.2) is 109 Å². The molecule has 77 heavy (non-hydrogen) atoms. The molecule has 1 unspecified atom stereocenters. The Labute approximate surface area is 476 Å². The third-order valence-corrected chi connectivity index (χ3v) is 13.8. The molecular formula is C71H120O6. The van der Waals surface area contributed by atoms with Crippen LogP contribution in [-0.4, -0.2) is 37.2 Å². The van der Waals surface area contributed by atoms with Crippen molar-refractivity contribution in [1.82, 2.24) is 0 Å². The molecule has 0 spiro atoms. The highest BCUT2D eigenvalue weighted by Gasteiger charge is 2.19. The van der Waals surface area contributed by atoms with Crippen molar-refractivity contribution >= 4 is 17.9 Å². The van der Waals surface area contributed by atoms with E-state index < -0.39 is 6.10 Å². The van der Waals surface area contributed by atoms with Crippen molar-refractivity contribution in [3.63, 3.8) is 0 Å². The fourth-order valence-electron chi connectivity index (χ4n) is 8.99. The van der Waals surface area contributed by atoms with Gasteiger partial charge in [0.1, 0.15) is 13.2 Å². The third-order valence-electron chi connectivity index (χ3n) is 13.8. The van der Waals surface area contributed by atoms with Gasteiger partial charge < -0.3 is 14.2 Å². The van der Waals surface area contributed by atoms with Gasteiger partial charge in [-0.25, -0.2) is 0 Å². The molecule has 0 fully saturated rings. The van der Waals surface area contributed by atoms with Crippen LogP contribution >= 0.6 is 0 Å². The van der Waals surface area contributed by atoms with E-state index in [4.69, 9.17) is 14.2 Å². The van der Waals surface area contributed by atoms with E-state index in [0.29, 0.717) is 19.3 Å². The van der Waals surface area contributed by atoms with E-state index in [-0.39, 0.29) is 31.1 Å². The van der Waals surface area contributed by atoms with Crippen molar-refractivity contribution in [2.75, 3.05) is 13.2 Å². The third kappa shape index (κ3) is 62.8. The summed E-state index contributed by atoms with van der Waals surface area (Å²) in [6, 6.07) is 0. The van der Waals surface area contributed by atoms with Crippen molar-refractivity contribution in [3.8, 4) is 0 Å². The van der Waals surface area contributed by atoms with Crippen molar-refractivity contribution < 1.29 is 28.6 Å². The van der Waals surface area contributed by atoms with Gasteiger partial charge in [-0.2, -0.15) is 0 Å². The normalized spacial score (nSPS) is 12.8. The molecule has 0 saturated carbocycles. The lowest BCUT2D eigenvalue weighted by atomic mass is 10.0. The molecule has 0 aromatic rings. The highest BCUT2D eigenvalue weighted by Crippen LogP contribution is 2.17. The second-order valence-electron chi connectivity index (χ2n) is 21.3. The van der Waals surface area contributed by atoms with Gasteiger partial charge in [0.2, 0.25) is 0 Å². The predicted molar refractivity (Wildman–Crippen MR) is 334 cm³/mol. The van der Waals surface area contributed by atoms with E-state index in [2.05, 4.69) is 130 Å². The van der Waals surface area contributed by atoms with Crippen LogP contribution in [0.1, 0.15) is 303 Å². The number of hydrogen-bond donors (Lipinski definition) is 0. The molecule has 0 bridgehead atoms. The van der Waals surface area contributed by atoms with Crippen molar-refractivity contribution in [1.29, 1.82) is 0 Å². The van der Waals surface area contributed by atoms with Crippen molar-refractivity contribution in [3.05, 3.63) is 109 Å². The maximum atomic E-state index is 12.9. The first kappa shape index (κ1) is 73.1. The molecule has 0 aliphatic rings. The van der Waals surface area contributed by atoms with Crippen LogP contribution in [0.5, 0.6) is 0 Å². The first-order valence-corrected chi connectivity index (χ1v) is 32.4. The second-order valence-corrected chi connectivity index (χ2v) is 21.3. The van der Waals surface area contributed by atoms with E-state index in [1.165, 1.54) is 141 Å². The Balaban J connectivity index is 4.41. The monoisotopic (exact) mass is 1070 g/mol. The zero-order valence-electron chi connectivity index (χ0n) is 50.4. The summed E-state index contributed by atoms with van der Waals surface area (Å²) in [5.41, 5.74) is 0. The lowest BCUT2D eigenvalue weighted by molar-refractivity contribution is -0.167. The molecule has 440 valence electrons. The molecule has 0 aromatic carbocycles. The van der Waals surface area contributed by atoms with Gasteiger partial charge in [0.25, 0.3) is 0 Å². The van der Waals surface area contributed by atoms with Gasteiger partial charge in [0.15, 0.2) is 6.10 Å². The Morgan fingerprint density at radius 2 is 0.506 bits per heavy atom. The molecule has 0 rings (SSSR count). The number of esters is 3. The summed E-state index contributed by atoms with van der Waals surface area (Å²) in [5.74, 6) is -0.939. The SMILES string of the molecule is CC/C=C\C/C=C\C/C=C\C/C=C\C/C=C\CCCCCCCCCC(=O)OCC(COC(=O)CCCC/C=C\C/C=C\C/C=C\C/C=C\CC)OC(=O)CCCCCCCCCCCCCCCCCCCCCCC. The molecule has 0 aliphatic heterocycles. The quantitative estimate of drug-likeness (QED) is 0.0261. The molecular weight excluding hydrogens is 949 g/mol. The van der Waals surface area contributed by atoms with Gasteiger partial charge in [-0.15, -0.1) is 0 Å². The van der Waals surface area contributed by atoms with Gasteiger partial charge in [-0.3, -0.25) is 14.4 Å². The topological polar surface area (TPSA) is 78.9 Å². The van der Waals surface area contributed by atoms with Crippen molar-refractivity contribution in [2.24, 2.45) is 0 Å². The number of carbonyl (C=O) groups is 3. The Kier molecular flexibility index (Phi) is 61.3. The molecule has 0 aromatic heterocycles. The molecule has 0 heterocycles. The van der Waals surface area contributed by atoms with E-state index in [9.17, 15) is 14.4 Å². The lowest BCUT2D eigenvalue weighted by Crippen LogP contribution is -2.30. The van der Waals surface area contributed by atoms with Crippen LogP contribution in [0.25, 0.3) is 0 Å². The lowest BCUT2D eigenvalue weighted by Gasteiger charge is -2.18. The summed E-state index contributed by atoms with van der Waals surface area (Å²) in [7, 11) is 0. The van der Waals surface area contributed by atoms with Crippen LogP contribution in [0.3, 0.4) is 0 Å². The minimum atomic E-state index is -0.802. The number of rotatable bonds is 58. The number of unbranched alkanes of at least 4 members (excludes halogenated alkanes) is 29. The Hall–Kier alpha value is -3.93. The van der Waals surface area contributed by atoms with Crippen LogP contribution in [0.4, 0.5) is 0 Å². The fraction of sp³-hybridized carbons (Fsp3) is 0.704. The Morgan fingerprint density at radius 3 is 0.818 bits per heavy atom. The number of hydrogen-bond acceptors (Lipinski definition) is 6. The summed E-state index contributed by atoms with van der Waals surface area (Å²) in [6.45, 7) is 6.40. The van der Waals surface area contributed by atoms with Crippen LogP contribution < -0.4 is 0 Å². The van der Waals surface area contributed by atoms with Crippen LogP contribution in [0, 0.1) is 0 Å².